The number of carbonyl (C=O) groups excluding carboxylic acids is 3. The van der Waals surface area contributed by atoms with Crippen LogP contribution in [0.5, 0.6) is 11.6 Å². The Labute approximate surface area is 237 Å². The van der Waals surface area contributed by atoms with Crippen LogP contribution in [-0.2, 0) is 9.59 Å². The van der Waals surface area contributed by atoms with E-state index in [0.29, 0.717) is 34.3 Å². The highest BCUT2D eigenvalue weighted by Crippen LogP contribution is 2.48. The minimum absolute atomic E-state index is 0.00749. The molecule has 3 aliphatic heterocycles. The standard InChI is InChI=1S/C29H32N6O4S/c1-2-22(36)32-17-7-6-8-18(15-17)33-27(37)26-25-24-21(13-14-30-28(24)40-26)35(29(38)34-25)19-11-12-23(31-16-19)39-20-9-4-3-5-10-20/h2-5,9-12,16-18,21,24,28,30H,1,6-8,13-15H2,(H,32,36)(H,33,37)(H,34,38)/t17-,18-,21?,24?,28?/m0/s1. The fourth-order valence-corrected chi connectivity index (χ4v) is 7.47. The van der Waals surface area contributed by atoms with Crippen LogP contribution in [0.4, 0.5) is 10.5 Å². The van der Waals surface area contributed by atoms with E-state index >= 15 is 0 Å². The van der Waals surface area contributed by atoms with Gasteiger partial charge in [-0.05, 0) is 62.9 Å². The average molecular weight is 561 g/mol. The fraction of sp³-hybridized carbons (Fsp3) is 0.379. The van der Waals surface area contributed by atoms with Crippen molar-refractivity contribution >= 4 is 35.3 Å². The van der Waals surface area contributed by atoms with Gasteiger partial charge in [0.25, 0.3) is 5.91 Å². The number of pyridine rings is 1. The van der Waals surface area contributed by atoms with Gasteiger partial charge in [0.15, 0.2) is 0 Å². The highest BCUT2D eigenvalue weighted by molar-refractivity contribution is 8.04. The molecule has 2 saturated heterocycles. The molecule has 4 N–H and O–H groups in total. The van der Waals surface area contributed by atoms with Gasteiger partial charge < -0.3 is 26.0 Å². The number of amides is 4. The maximum absolute atomic E-state index is 13.5. The molecule has 40 heavy (non-hydrogen) atoms. The van der Waals surface area contributed by atoms with Crippen LogP contribution in [-0.4, -0.2) is 52.9 Å². The number of urea groups is 1. The number of nitrogens with zero attached hydrogens (tertiary/aromatic N) is 2. The summed E-state index contributed by atoms with van der Waals surface area (Å²) in [6.45, 7) is 4.25. The highest BCUT2D eigenvalue weighted by atomic mass is 32.2. The first-order chi connectivity index (χ1) is 19.5. The van der Waals surface area contributed by atoms with E-state index in [1.165, 1.54) is 17.8 Å². The number of aromatic nitrogens is 1. The topological polar surface area (TPSA) is 125 Å². The number of piperidine rings is 1. The van der Waals surface area contributed by atoms with Crippen molar-refractivity contribution in [3.63, 3.8) is 0 Å². The third-order valence-electron chi connectivity index (χ3n) is 7.85. The minimum atomic E-state index is -0.270. The molecule has 6 rings (SSSR count). The molecular formula is C29H32N6O4S. The number of anilines is 1. The molecule has 1 aromatic heterocycles. The number of benzene rings is 1. The maximum Gasteiger partial charge on any atom is 0.326 e. The second kappa shape index (κ2) is 11.3. The van der Waals surface area contributed by atoms with Crippen LogP contribution in [0.1, 0.15) is 32.1 Å². The molecule has 10 nitrogen and oxygen atoms in total. The highest BCUT2D eigenvalue weighted by Gasteiger charge is 2.51. The second-order valence-corrected chi connectivity index (χ2v) is 11.6. The summed E-state index contributed by atoms with van der Waals surface area (Å²) < 4.78 is 5.81. The van der Waals surface area contributed by atoms with E-state index in [0.717, 1.165) is 32.2 Å². The number of thioether (sulfide) groups is 1. The van der Waals surface area contributed by atoms with Crippen molar-refractivity contribution in [1.82, 2.24) is 26.3 Å². The largest absolute Gasteiger partial charge is 0.439 e. The van der Waals surface area contributed by atoms with Crippen molar-refractivity contribution < 1.29 is 19.1 Å². The molecule has 0 bridgehead atoms. The molecule has 11 heteroatoms. The Morgan fingerprint density at radius 2 is 1.90 bits per heavy atom. The van der Waals surface area contributed by atoms with Crippen molar-refractivity contribution in [1.29, 1.82) is 0 Å². The van der Waals surface area contributed by atoms with Crippen molar-refractivity contribution in [2.24, 2.45) is 5.92 Å². The SMILES string of the molecule is C=CC(=O)N[C@H]1CCC[C@H](NC(=O)C2=C3NC(=O)N(c4ccc(Oc5ccccc5)nc4)C4CCNC(S2)C34)C1. The van der Waals surface area contributed by atoms with E-state index in [1.807, 2.05) is 36.4 Å². The van der Waals surface area contributed by atoms with Gasteiger partial charge in [0.2, 0.25) is 11.8 Å². The molecule has 1 saturated carbocycles. The summed E-state index contributed by atoms with van der Waals surface area (Å²) in [5, 5.41) is 12.7. The van der Waals surface area contributed by atoms with Gasteiger partial charge >= 0.3 is 6.03 Å². The molecule has 3 unspecified atom stereocenters. The molecule has 4 amide bonds. The number of carbonyl (C=O) groups is 3. The lowest BCUT2D eigenvalue weighted by Gasteiger charge is -2.45. The predicted molar refractivity (Wildman–Crippen MR) is 153 cm³/mol. The first-order valence-corrected chi connectivity index (χ1v) is 14.6. The smallest absolute Gasteiger partial charge is 0.326 e. The van der Waals surface area contributed by atoms with Crippen molar-refractivity contribution in [3.05, 3.63) is 71.9 Å². The zero-order valence-electron chi connectivity index (χ0n) is 22.0. The summed E-state index contributed by atoms with van der Waals surface area (Å²) in [5.41, 5.74) is 1.37. The van der Waals surface area contributed by atoms with Crippen LogP contribution in [0.25, 0.3) is 0 Å². The van der Waals surface area contributed by atoms with Gasteiger partial charge in [-0.1, -0.05) is 36.5 Å². The Kier molecular flexibility index (Phi) is 7.48. The van der Waals surface area contributed by atoms with Gasteiger partial charge in [0, 0.05) is 29.8 Å². The van der Waals surface area contributed by atoms with E-state index in [2.05, 4.69) is 32.8 Å². The van der Waals surface area contributed by atoms with Crippen LogP contribution in [0.2, 0.25) is 0 Å². The molecule has 4 aliphatic rings. The lowest BCUT2D eigenvalue weighted by molar-refractivity contribution is -0.117. The summed E-state index contributed by atoms with van der Waals surface area (Å²) in [5.74, 6) is 0.711. The molecule has 5 atom stereocenters. The Morgan fingerprint density at radius 1 is 1.10 bits per heavy atom. The number of hydrogen-bond acceptors (Lipinski definition) is 7. The third-order valence-corrected chi connectivity index (χ3v) is 9.21. The van der Waals surface area contributed by atoms with Gasteiger partial charge in [-0.3, -0.25) is 14.5 Å². The number of ether oxygens (including phenoxy) is 1. The predicted octanol–water partition coefficient (Wildman–Crippen LogP) is 3.40. The quantitative estimate of drug-likeness (QED) is 0.383. The monoisotopic (exact) mass is 560 g/mol. The van der Waals surface area contributed by atoms with E-state index in [4.69, 9.17) is 4.74 Å². The molecule has 0 radical (unpaired) electrons. The van der Waals surface area contributed by atoms with Gasteiger partial charge in [0.1, 0.15) is 5.75 Å². The van der Waals surface area contributed by atoms with E-state index < -0.39 is 0 Å². The number of para-hydroxylation sites is 1. The molecular weight excluding hydrogens is 528 g/mol. The van der Waals surface area contributed by atoms with Crippen LogP contribution in [0.15, 0.2) is 71.9 Å². The summed E-state index contributed by atoms with van der Waals surface area (Å²) in [7, 11) is 0. The van der Waals surface area contributed by atoms with Crippen molar-refractivity contribution in [3.8, 4) is 11.6 Å². The Bertz CT molecular complexity index is 1330. The summed E-state index contributed by atoms with van der Waals surface area (Å²) in [4.78, 5) is 45.4. The lowest BCUT2D eigenvalue weighted by atomic mass is 9.86. The van der Waals surface area contributed by atoms with E-state index in [-0.39, 0.29) is 47.3 Å². The van der Waals surface area contributed by atoms with Crippen LogP contribution in [0.3, 0.4) is 0 Å². The molecule has 0 spiro atoms. The van der Waals surface area contributed by atoms with Crippen LogP contribution >= 0.6 is 11.8 Å². The zero-order valence-corrected chi connectivity index (χ0v) is 22.8. The fourth-order valence-electron chi connectivity index (χ4n) is 6.07. The number of rotatable bonds is 7. The maximum atomic E-state index is 13.5. The molecule has 1 aliphatic carbocycles. The van der Waals surface area contributed by atoms with Gasteiger partial charge in [0.05, 0.1) is 28.2 Å². The molecule has 3 fully saturated rings. The third kappa shape index (κ3) is 5.31. The molecule has 2 aromatic rings. The summed E-state index contributed by atoms with van der Waals surface area (Å²) in [6, 6.07) is 12.6. The van der Waals surface area contributed by atoms with Gasteiger partial charge in [-0.25, -0.2) is 9.78 Å². The number of hydrogen-bond donors (Lipinski definition) is 4. The van der Waals surface area contributed by atoms with E-state index in [9.17, 15) is 14.4 Å². The first kappa shape index (κ1) is 26.4. The Morgan fingerprint density at radius 3 is 2.65 bits per heavy atom. The molecule has 208 valence electrons. The van der Waals surface area contributed by atoms with Crippen LogP contribution < -0.4 is 30.9 Å². The second-order valence-electron chi connectivity index (χ2n) is 10.4. The van der Waals surface area contributed by atoms with E-state index in [1.54, 1.807) is 17.2 Å². The normalized spacial score (nSPS) is 27.4. The number of nitrogens with one attached hydrogen (secondary N) is 4. The molecule has 4 heterocycles. The lowest BCUT2D eigenvalue weighted by Crippen LogP contribution is -2.62. The Hall–Kier alpha value is -3.83. The minimum Gasteiger partial charge on any atom is -0.439 e. The van der Waals surface area contributed by atoms with Crippen molar-refractivity contribution in [2.45, 2.75) is 55.6 Å². The zero-order chi connectivity index (χ0) is 27.6. The summed E-state index contributed by atoms with van der Waals surface area (Å²) >= 11 is 1.48. The first-order valence-electron chi connectivity index (χ1n) is 13.7. The Balaban J connectivity index is 1.17. The average Bonchev–Trinajstić information content (AvgIpc) is 3.34. The summed E-state index contributed by atoms with van der Waals surface area (Å²) in [6.07, 6.45) is 6.99. The molecule has 1 aromatic carbocycles. The van der Waals surface area contributed by atoms with Gasteiger partial charge in [-0.15, -0.1) is 0 Å². The van der Waals surface area contributed by atoms with Crippen LogP contribution in [0, 0.1) is 5.92 Å². The van der Waals surface area contributed by atoms with Crippen molar-refractivity contribution in [2.75, 3.05) is 11.4 Å². The van der Waals surface area contributed by atoms with Gasteiger partial charge in [-0.2, -0.15) is 0 Å².